The van der Waals surface area contributed by atoms with Gasteiger partial charge in [-0.15, -0.1) is 0 Å². The molecule has 3 aliphatic heterocycles. The Kier molecular flexibility index (Phi) is 5.30. The average Bonchev–Trinajstić information content (AvgIpc) is 3.66. The van der Waals surface area contributed by atoms with Crippen molar-refractivity contribution in [3.05, 3.63) is 24.3 Å². The molecule has 2 unspecified atom stereocenters. The lowest BCUT2D eigenvalue weighted by Crippen LogP contribution is -2.06. The van der Waals surface area contributed by atoms with Gasteiger partial charge in [-0.25, -0.2) is 4.21 Å². The van der Waals surface area contributed by atoms with Gasteiger partial charge in [0, 0.05) is 23.3 Å². The van der Waals surface area contributed by atoms with Gasteiger partial charge in [-0.3, -0.25) is 0 Å². The van der Waals surface area contributed by atoms with Crippen LogP contribution in [-0.2, 0) is 20.3 Å². The maximum atomic E-state index is 13.3. The van der Waals surface area contributed by atoms with Crippen molar-refractivity contribution in [2.24, 2.45) is 0 Å². The first-order valence-electron chi connectivity index (χ1n) is 10.2. The Morgan fingerprint density at radius 1 is 0.767 bits per heavy atom. The van der Waals surface area contributed by atoms with Gasteiger partial charge in [0.2, 0.25) is 0 Å². The number of ether oxygens (including phenoxy) is 6. The van der Waals surface area contributed by atoms with Crippen LogP contribution in [0.3, 0.4) is 0 Å². The van der Waals surface area contributed by atoms with Crippen molar-refractivity contribution in [1.29, 1.82) is 0 Å². The van der Waals surface area contributed by atoms with E-state index in [2.05, 4.69) is 0 Å². The molecule has 5 rings (SSSR count). The monoisotopic (exact) mass is 432 g/mol. The highest BCUT2D eigenvalue weighted by atomic mass is 32.2. The predicted molar refractivity (Wildman–Crippen MR) is 109 cm³/mol. The topological polar surface area (TPSA) is 79.1 Å². The Balaban J connectivity index is 1.53. The molecule has 0 amide bonds. The molecule has 3 aliphatic rings. The van der Waals surface area contributed by atoms with Crippen LogP contribution in [0.2, 0.25) is 0 Å². The Morgan fingerprint density at radius 2 is 1.17 bits per heavy atom. The van der Waals surface area contributed by atoms with Crippen molar-refractivity contribution in [3.8, 4) is 34.1 Å². The minimum atomic E-state index is -1.34. The van der Waals surface area contributed by atoms with Gasteiger partial charge in [0.25, 0.3) is 0 Å². The zero-order valence-corrected chi connectivity index (χ0v) is 17.8. The van der Waals surface area contributed by atoms with Crippen LogP contribution < -0.4 is 18.9 Å². The molecule has 0 bridgehead atoms. The van der Waals surface area contributed by atoms with E-state index in [0.717, 1.165) is 11.1 Å². The molecule has 3 heterocycles. The van der Waals surface area contributed by atoms with Gasteiger partial charge < -0.3 is 28.4 Å². The van der Waals surface area contributed by atoms with Gasteiger partial charge in [0.05, 0.1) is 47.0 Å². The van der Waals surface area contributed by atoms with Crippen molar-refractivity contribution in [3.63, 3.8) is 0 Å². The molecular formula is C22H24O7S. The first kappa shape index (κ1) is 19.7. The molecule has 0 N–H and O–H groups in total. The van der Waals surface area contributed by atoms with Crippen LogP contribution in [0.25, 0.3) is 11.1 Å². The number of epoxide rings is 2. The molecule has 0 aromatic heterocycles. The third kappa shape index (κ3) is 3.87. The highest BCUT2D eigenvalue weighted by Crippen LogP contribution is 2.49. The second-order valence-corrected chi connectivity index (χ2v) is 8.67. The van der Waals surface area contributed by atoms with Crippen LogP contribution in [0.4, 0.5) is 0 Å². The molecule has 8 heteroatoms. The summed E-state index contributed by atoms with van der Waals surface area (Å²) in [6.07, 6.45) is 0.264. The van der Waals surface area contributed by atoms with Crippen LogP contribution in [0.5, 0.6) is 23.0 Å². The van der Waals surface area contributed by atoms with E-state index in [1.165, 1.54) is 0 Å². The summed E-state index contributed by atoms with van der Waals surface area (Å²) in [7, 11) is -1.34. The molecule has 2 aromatic rings. The van der Waals surface area contributed by atoms with E-state index in [0.29, 0.717) is 72.4 Å². The average molecular weight is 432 g/mol. The van der Waals surface area contributed by atoms with Gasteiger partial charge in [0.15, 0.2) is 23.0 Å². The van der Waals surface area contributed by atoms with Crippen molar-refractivity contribution in [2.45, 2.75) is 35.8 Å². The van der Waals surface area contributed by atoms with Crippen molar-refractivity contribution < 1.29 is 32.6 Å². The van der Waals surface area contributed by atoms with Crippen LogP contribution >= 0.6 is 0 Å². The van der Waals surface area contributed by atoms with E-state index in [9.17, 15) is 4.21 Å². The lowest BCUT2D eigenvalue weighted by atomic mass is 10.0. The smallest absolute Gasteiger partial charge is 0.162 e. The molecule has 0 radical (unpaired) electrons. The summed E-state index contributed by atoms with van der Waals surface area (Å²) in [5.41, 5.74) is 1.71. The van der Waals surface area contributed by atoms with Gasteiger partial charge in [-0.2, -0.15) is 0 Å². The van der Waals surface area contributed by atoms with Crippen LogP contribution in [-0.4, -0.2) is 56.1 Å². The van der Waals surface area contributed by atoms with Gasteiger partial charge in [-0.05, 0) is 26.0 Å². The van der Waals surface area contributed by atoms with Crippen LogP contribution in [0, 0.1) is 0 Å². The van der Waals surface area contributed by atoms with Gasteiger partial charge >= 0.3 is 0 Å². The maximum absolute atomic E-state index is 13.3. The third-order valence-electron chi connectivity index (χ3n) is 5.04. The van der Waals surface area contributed by atoms with E-state index in [1.54, 1.807) is 0 Å². The fourth-order valence-corrected chi connectivity index (χ4v) is 4.79. The van der Waals surface area contributed by atoms with E-state index in [1.807, 2.05) is 38.1 Å². The number of hydrogen-bond acceptors (Lipinski definition) is 7. The molecule has 0 aliphatic carbocycles. The second kappa shape index (κ2) is 8.09. The standard InChI is InChI=1S/C22H24O7S/c1-3-24-19-7-21-15(5-17(19)28-11-13-9-26-13)16-6-18(29-12-14-10-27-14)20(25-4-2)8-22(16)30(21)23/h5-8,13-14H,3-4,9-12H2,1-2H3. The Hall–Kier alpha value is -2.29. The van der Waals surface area contributed by atoms with Crippen molar-refractivity contribution in [2.75, 3.05) is 39.6 Å². The Morgan fingerprint density at radius 3 is 1.53 bits per heavy atom. The summed E-state index contributed by atoms with van der Waals surface area (Å²) >= 11 is 0. The highest BCUT2D eigenvalue weighted by Gasteiger charge is 2.32. The summed E-state index contributed by atoms with van der Waals surface area (Å²) < 4.78 is 47.2. The fourth-order valence-electron chi connectivity index (χ4n) is 3.38. The van der Waals surface area contributed by atoms with Crippen LogP contribution in [0.15, 0.2) is 34.1 Å². The summed E-state index contributed by atoms with van der Waals surface area (Å²) in [5.74, 6) is 2.42. The van der Waals surface area contributed by atoms with Crippen molar-refractivity contribution in [1.82, 2.24) is 0 Å². The first-order chi connectivity index (χ1) is 14.7. The molecule has 0 spiro atoms. The lowest BCUT2D eigenvalue weighted by Gasteiger charge is -2.14. The molecule has 2 saturated heterocycles. The number of rotatable bonds is 10. The molecular weight excluding hydrogens is 408 g/mol. The van der Waals surface area contributed by atoms with Gasteiger partial charge in [0.1, 0.15) is 25.4 Å². The summed E-state index contributed by atoms with van der Waals surface area (Å²) in [6, 6.07) is 7.44. The minimum absolute atomic E-state index is 0.132. The zero-order chi connectivity index (χ0) is 20.7. The zero-order valence-electron chi connectivity index (χ0n) is 17.0. The van der Waals surface area contributed by atoms with E-state index >= 15 is 0 Å². The van der Waals surface area contributed by atoms with Crippen LogP contribution in [0.1, 0.15) is 13.8 Å². The molecule has 2 aromatic carbocycles. The first-order valence-corrected chi connectivity index (χ1v) is 11.4. The largest absolute Gasteiger partial charge is 0.490 e. The quantitative estimate of drug-likeness (QED) is 0.455. The third-order valence-corrected chi connectivity index (χ3v) is 6.51. The molecule has 2 atom stereocenters. The predicted octanol–water partition coefficient (Wildman–Crippen LogP) is 3.19. The highest BCUT2D eigenvalue weighted by molar-refractivity contribution is 7.85. The summed E-state index contributed by atoms with van der Waals surface area (Å²) in [4.78, 5) is 1.40. The Bertz CT molecular complexity index is 904. The Labute approximate surface area is 177 Å². The SMILES string of the molecule is CCOc1cc2c(cc1OCC1CO1)-c1cc(OCC3CO3)c(OCC)cc1S2=O. The summed E-state index contributed by atoms with van der Waals surface area (Å²) in [6.45, 7) is 7.17. The van der Waals surface area contributed by atoms with Gasteiger partial charge in [-0.1, -0.05) is 0 Å². The molecule has 7 nitrogen and oxygen atoms in total. The van der Waals surface area contributed by atoms with E-state index in [-0.39, 0.29) is 12.2 Å². The molecule has 160 valence electrons. The lowest BCUT2D eigenvalue weighted by molar-refractivity contribution is 0.244. The number of hydrogen-bond donors (Lipinski definition) is 0. The molecule has 30 heavy (non-hydrogen) atoms. The minimum Gasteiger partial charge on any atom is -0.490 e. The molecule has 0 saturated carbocycles. The fraction of sp³-hybridized carbons (Fsp3) is 0.455. The second-order valence-electron chi connectivity index (χ2n) is 7.26. The number of benzene rings is 2. The van der Waals surface area contributed by atoms with Crippen molar-refractivity contribution >= 4 is 10.8 Å². The molecule has 2 fully saturated rings. The van der Waals surface area contributed by atoms with E-state index in [4.69, 9.17) is 28.4 Å². The summed E-state index contributed by atoms with van der Waals surface area (Å²) in [5, 5.41) is 0. The maximum Gasteiger partial charge on any atom is 0.162 e. The van der Waals surface area contributed by atoms with E-state index < -0.39 is 10.8 Å². The normalized spacial score (nSPS) is 22.8. The number of fused-ring (bicyclic) bond motifs is 3.